The van der Waals surface area contributed by atoms with Crippen molar-refractivity contribution >= 4 is 6.08 Å². The number of nitrogens with two attached hydrogens (primary N) is 1. The highest BCUT2D eigenvalue weighted by molar-refractivity contribution is 5.49. The van der Waals surface area contributed by atoms with Gasteiger partial charge in [-0.25, -0.2) is 0 Å². The molecule has 2 N–H and O–H groups in total. The molecule has 5 heteroatoms. The van der Waals surface area contributed by atoms with Gasteiger partial charge in [0.2, 0.25) is 6.20 Å². The number of hydrogen-bond donors (Lipinski definition) is 1. The van der Waals surface area contributed by atoms with Crippen molar-refractivity contribution in [2.75, 3.05) is 13.2 Å². The summed E-state index contributed by atoms with van der Waals surface area (Å²) in [6, 6.07) is 6.91. The average Bonchev–Trinajstić information content (AvgIpc) is 2.33. The number of nitro groups is 1. The van der Waals surface area contributed by atoms with Crippen molar-refractivity contribution in [1.29, 1.82) is 0 Å². The molecule has 1 rings (SSSR count). The SMILES string of the molecule is NCC#CCOc1ccc(C=C[N+](=O)[O-])cc1. The molecule has 1 aromatic rings. The maximum Gasteiger partial charge on any atom is 0.235 e. The fraction of sp³-hybridized carbons (Fsp3) is 0.167. The Morgan fingerprint density at radius 3 is 2.65 bits per heavy atom. The normalized spacial score (nSPS) is 9.71. The molecule has 0 aliphatic rings. The van der Waals surface area contributed by atoms with Crippen molar-refractivity contribution in [3.05, 3.63) is 46.1 Å². The van der Waals surface area contributed by atoms with Gasteiger partial charge >= 0.3 is 0 Å². The van der Waals surface area contributed by atoms with Crippen LogP contribution < -0.4 is 10.5 Å². The van der Waals surface area contributed by atoms with Crippen LogP contribution in [0.3, 0.4) is 0 Å². The highest BCUT2D eigenvalue weighted by Crippen LogP contribution is 2.12. The van der Waals surface area contributed by atoms with Crippen molar-refractivity contribution in [2.24, 2.45) is 5.73 Å². The number of hydrogen-bond acceptors (Lipinski definition) is 4. The van der Waals surface area contributed by atoms with Crippen LogP contribution in [-0.2, 0) is 0 Å². The van der Waals surface area contributed by atoms with Gasteiger partial charge in [0.25, 0.3) is 0 Å². The van der Waals surface area contributed by atoms with Crippen LogP contribution in [0.5, 0.6) is 5.75 Å². The van der Waals surface area contributed by atoms with Gasteiger partial charge in [-0.2, -0.15) is 0 Å². The van der Waals surface area contributed by atoms with Crippen LogP contribution in [-0.4, -0.2) is 18.1 Å². The summed E-state index contributed by atoms with van der Waals surface area (Å²) in [6.07, 6.45) is 2.31. The molecule has 17 heavy (non-hydrogen) atoms. The zero-order valence-electron chi connectivity index (χ0n) is 9.13. The summed E-state index contributed by atoms with van der Waals surface area (Å²) in [5, 5.41) is 10.1. The lowest BCUT2D eigenvalue weighted by atomic mass is 10.2. The average molecular weight is 232 g/mol. The number of ether oxygens (including phenoxy) is 1. The molecule has 0 saturated heterocycles. The molecular weight excluding hydrogens is 220 g/mol. The molecule has 0 spiro atoms. The molecular formula is C12H12N2O3. The third-order valence-corrected chi connectivity index (χ3v) is 1.81. The van der Waals surface area contributed by atoms with Crippen molar-refractivity contribution in [3.63, 3.8) is 0 Å². The Hall–Kier alpha value is -2.32. The molecule has 0 radical (unpaired) electrons. The highest BCUT2D eigenvalue weighted by Gasteiger charge is 1.93. The molecule has 1 aromatic carbocycles. The van der Waals surface area contributed by atoms with Crippen LogP contribution in [0.15, 0.2) is 30.5 Å². The number of benzene rings is 1. The predicted molar refractivity (Wildman–Crippen MR) is 64.8 cm³/mol. The van der Waals surface area contributed by atoms with Gasteiger partial charge in [0, 0.05) is 6.08 Å². The summed E-state index contributed by atoms with van der Waals surface area (Å²) < 4.78 is 5.30. The maximum absolute atomic E-state index is 10.1. The molecule has 0 saturated carbocycles. The molecule has 5 nitrogen and oxygen atoms in total. The molecule has 0 aromatic heterocycles. The topological polar surface area (TPSA) is 78.4 Å². The van der Waals surface area contributed by atoms with Crippen LogP contribution in [0.4, 0.5) is 0 Å². The summed E-state index contributed by atoms with van der Waals surface area (Å²) in [4.78, 5) is 9.60. The third-order valence-electron chi connectivity index (χ3n) is 1.81. The Kier molecular flexibility index (Phi) is 5.28. The first kappa shape index (κ1) is 12.7. The van der Waals surface area contributed by atoms with E-state index in [4.69, 9.17) is 10.5 Å². The van der Waals surface area contributed by atoms with E-state index in [2.05, 4.69) is 11.8 Å². The van der Waals surface area contributed by atoms with Crippen molar-refractivity contribution in [2.45, 2.75) is 0 Å². The van der Waals surface area contributed by atoms with E-state index >= 15 is 0 Å². The maximum atomic E-state index is 10.1. The van der Waals surface area contributed by atoms with E-state index in [1.807, 2.05) is 0 Å². The standard InChI is InChI=1S/C12H12N2O3/c13-8-1-2-10-17-12-5-3-11(4-6-12)7-9-14(15)16/h3-7,9H,8,10,13H2. The van der Waals surface area contributed by atoms with Crippen molar-refractivity contribution < 1.29 is 9.66 Å². The van der Waals surface area contributed by atoms with E-state index in [0.29, 0.717) is 12.3 Å². The Morgan fingerprint density at radius 2 is 2.06 bits per heavy atom. The first-order chi connectivity index (χ1) is 8.22. The highest BCUT2D eigenvalue weighted by atomic mass is 16.6. The van der Waals surface area contributed by atoms with Gasteiger partial charge in [-0.1, -0.05) is 24.0 Å². The number of nitrogens with zero attached hydrogens (tertiary/aromatic N) is 1. The predicted octanol–water partition coefficient (Wildman–Crippen LogP) is 1.27. The molecule has 0 aliphatic heterocycles. The minimum atomic E-state index is -0.507. The van der Waals surface area contributed by atoms with E-state index in [-0.39, 0.29) is 6.61 Å². The Labute approximate surface area is 99.0 Å². The van der Waals surface area contributed by atoms with E-state index in [0.717, 1.165) is 11.8 Å². The second-order valence-electron chi connectivity index (χ2n) is 3.02. The molecule has 88 valence electrons. The lowest BCUT2D eigenvalue weighted by Crippen LogP contribution is -1.97. The van der Waals surface area contributed by atoms with Crippen molar-refractivity contribution in [1.82, 2.24) is 0 Å². The van der Waals surface area contributed by atoms with Gasteiger partial charge in [0.15, 0.2) is 0 Å². The van der Waals surface area contributed by atoms with Crippen molar-refractivity contribution in [3.8, 4) is 17.6 Å². The molecule has 0 unspecified atom stereocenters. The zero-order chi connectivity index (χ0) is 12.5. The fourth-order valence-corrected chi connectivity index (χ4v) is 1.06. The van der Waals surface area contributed by atoms with Crippen LogP contribution in [0.2, 0.25) is 0 Å². The van der Waals surface area contributed by atoms with Gasteiger partial charge in [-0.05, 0) is 17.7 Å². The van der Waals surface area contributed by atoms with Gasteiger partial charge < -0.3 is 10.5 Å². The van der Waals surface area contributed by atoms with E-state index in [1.165, 1.54) is 6.08 Å². The van der Waals surface area contributed by atoms with Gasteiger partial charge in [0.05, 0.1) is 11.5 Å². The molecule has 0 amide bonds. The Bertz CT molecular complexity index is 455. The lowest BCUT2D eigenvalue weighted by Gasteiger charge is -2.01. The zero-order valence-corrected chi connectivity index (χ0v) is 9.13. The second-order valence-corrected chi connectivity index (χ2v) is 3.02. The molecule has 0 heterocycles. The fourth-order valence-electron chi connectivity index (χ4n) is 1.06. The first-order valence-electron chi connectivity index (χ1n) is 4.92. The van der Waals surface area contributed by atoms with E-state index in [9.17, 15) is 10.1 Å². The number of rotatable bonds is 4. The molecule has 0 aliphatic carbocycles. The van der Waals surface area contributed by atoms with E-state index < -0.39 is 4.92 Å². The molecule has 0 bridgehead atoms. The first-order valence-corrected chi connectivity index (χ1v) is 4.92. The quantitative estimate of drug-likeness (QED) is 0.481. The smallest absolute Gasteiger partial charge is 0.235 e. The minimum absolute atomic E-state index is 0.279. The summed E-state index contributed by atoms with van der Waals surface area (Å²) in [7, 11) is 0. The Morgan fingerprint density at radius 1 is 1.35 bits per heavy atom. The second kappa shape index (κ2) is 7.04. The minimum Gasteiger partial charge on any atom is -0.481 e. The largest absolute Gasteiger partial charge is 0.481 e. The summed E-state index contributed by atoms with van der Waals surface area (Å²) in [5.74, 6) is 6.08. The summed E-state index contributed by atoms with van der Waals surface area (Å²) >= 11 is 0. The van der Waals surface area contributed by atoms with Crippen LogP contribution >= 0.6 is 0 Å². The van der Waals surface area contributed by atoms with Gasteiger partial charge in [-0.3, -0.25) is 10.1 Å². The van der Waals surface area contributed by atoms with Crippen LogP contribution in [0.1, 0.15) is 5.56 Å². The molecule has 0 fully saturated rings. The summed E-state index contributed by atoms with van der Waals surface area (Å²) in [6.45, 7) is 0.593. The van der Waals surface area contributed by atoms with E-state index in [1.54, 1.807) is 24.3 Å². The summed E-state index contributed by atoms with van der Waals surface area (Å²) in [5.41, 5.74) is 5.93. The lowest BCUT2D eigenvalue weighted by molar-refractivity contribution is -0.400. The van der Waals surface area contributed by atoms with Gasteiger partial charge in [0.1, 0.15) is 12.4 Å². The van der Waals surface area contributed by atoms with Crippen LogP contribution in [0.25, 0.3) is 6.08 Å². The Balaban J connectivity index is 2.53. The van der Waals surface area contributed by atoms with Crippen LogP contribution in [0, 0.1) is 22.0 Å². The monoisotopic (exact) mass is 232 g/mol. The third kappa shape index (κ3) is 5.35. The molecule has 0 atom stereocenters. The van der Waals surface area contributed by atoms with Gasteiger partial charge in [-0.15, -0.1) is 0 Å².